The number of para-hydroxylation sites is 1. The quantitative estimate of drug-likeness (QED) is 0.539. The summed E-state index contributed by atoms with van der Waals surface area (Å²) in [4.78, 5) is 0. The maximum absolute atomic E-state index is 5.47. The lowest BCUT2D eigenvalue weighted by atomic mass is 10.2. The summed E-state index contributed by atoms with van der Waals surface area (Å²) < 4.78 is 18.3. The molecule has 0 fully saturated rings. The highest BCUT2D eigenvalue weighted by Gasteiger charge is 2.16. The van der Waals surface area contributed by atoms with Gasteiger partial charge in [0.25, 0.3) is 0 Å². The highest BCUT2D eigenvalue weighted by Crippen LogP contribution is 2.32. The Morgan fingerprint density at radius 3 is 2.26 bits per heavy atom. The minimum absolute atomic E-state index is 0.734. The zero-order valence-corrected chi connectivity index (χ0v) is 16.7. The molecule has 1 heterocycles. The van der Waals surface area contributed by atoms with Gasteiger partial charge in [0.05, 0.1) is 26.9 Å². The van der Waals surface area contributed by atoms with Crippen LogP contribution in [0.4, 0.5) is 0 Å². The minimum atomic E-state index is 0.734. The Labute approximate surface area is 163 Å². The van der Waals surface area contributed by atoms with Crippen molar-refractivity contribution in [2.75, 3.05) is 21.3 Å². The average molecular weight is 385 g/mol. The molecule has 0 unspecified atom stereocenters. The van der Waals surface area contributed by atoms with Gasteiger partial charge in [-0.15, -0.1) is 10.2 Å². The first-order valence-electron chi connectivity index (χ1n) is 8.61. The molecule has 3 rings (SSSR count). The predicted molar refractivity (Wildman–Crippen MR) is 107 cm³/mol. The lowest BCUT2D eigenvalue weighted by molar-refractivity contribution is 0.393. The third-order valence-electron chi connectivity index (χ3n) is 4.16. The van der Waals surface area contributed by atoms with Gasteiger partial charge in [-0.2, -0.15) is 0 Å². The van der Waals surface area contributed by atoms with Gasteiger partial charge in [-0.1, -0.05) is 23.9 Å². The van der Waals surface area contributed by atoms with Gasteiger partial charge >= 0.3 is 0 Å². The summed E-state index contributed by atoms with van der Waals surface area (Å²) in [5.74, 6) is 3.88. The van der Waals surface area contributed by atoms with Crippen molar-refractivity contribution >= 4 is 11.8 Å². The summed E-state index contributed by atoms with van der Waals surface area (Å²) in [7, 11) is 4.97. The molecule has 0 aliphatic rings. The van der Waals surface area contributed by atoms with Crippen molar-refractivity contribution in [3.8, 4) is 28.6 Å². The van der Waals surface area contributed by atoms with Crippen LogP contribution in [0, 0.1) is 0 Å². The Morgan fingerprint density at radius 2 is 1.63 bits per heavy atom. The van der Waals surface area contributed by atoms with Crippen LogP contribution in [0.1, 0.15) is 12.5 Å². The lowest BCUT2D eigenvalue weighted by Crippen LogP contribution is -2.01. The summed E-state index contributed by atoms with van der Waals surface area (Å²) in [6, 6.07) is 13.7. The van der Waals surface area contributed by atoms with Crippen LogP contribution in [-0.4, -0.2) is 36.1 Å². The number of hydrogen-bond donors (Lipinski definition) is 0. The second-order valence-electron chi connectivity index (χ2n) is 5.76. The number of nitrogens with zero attached hydrogens (tertiary/aromatic N) is 3. The van der Waals surface area contributed by atoms with Gasteiger partial charge in [0.2, 0.25) is 0 Å². The van der Waals surface area contributed by atoms with E-state index in [2.05, 4.69) is 21.7 Å². The molecule has 0 aliphatic carbocycles. The molecule has 7 heteroatoms. The van der Waals surface area contributed by atoms with Crippen LogP contribution in [0.5, 0.6) is 17.2 Å². The number of rotatable bonds is 8. The summed E-state index contributed by atoms with van der Waals surface area (Å²) >= 11 is 1.63. The first-order chi connectivity index (χ1) is 13.2. The SMILES string of the molecule is CCn1c(SCc2cc(OC)cc(OC)c2)nnc1-c1ccccc1OC. The highest BCUT2D eigenvalue weighted by molar-refractivity contribution is 7.98. The Hall–Kier alpha value is -2.67. The van der Waals surface area contributed by atoms with Gasteiger partial charge in [-0.25, -0.2) is 0 Å². The molecule has 0 amide bonds. The van der Waals surface area contributed by atoms with E-state index in [1.165, 1.54) is 0 Å². The average Bonchev–Trinajstić information content (AvgIpc) is 3.14. The van der Waals surface area contributed by atoms with Crippen LogP contribution in [0.3, 0.4) is 0 Å². The molecule has 1 aromatic heterocycles. The van der Waals surface area contributed by atoms with E-state index in [9.17, 15) is 0 Å². The van der Waals surface area contributed by atoms with Crippen molar-refractivity contribution in [1.29, 1.82) is 0 Å². The lowest BCUT2D eigenvalue weighted by Gasteiger charge is -2.11. The normalized spacial score (nSPS) is 10.7. The van der Waals surface area contributed by atoms with Gasteiger partial charge in [0, 0.05) is 18.4 Å². The van der Waals surface area contributed by atoms with Crippen molar-refractivity contribution in [2.24, 2.45) is 0 Å². The molecule has 27 heavy (non-hydrogen) atoms. The summed E-state index contributed by atoms with van der Waals surface area (Å²) in [6.07, 6.45) is 0. The highest BCUT2D eigenvalue weighted by atomic mass is 32.2. The van der Waals surface area contributed by atoms with E-state index in [4.69, 9.17) is 14.2 Å². The maximum atomic E-state index is 5.47. The van der Waals surface area contributed by atoms with Crippen molar-refractivity contribution in [3.63, 3.8) is 0 Å². The molecule has 6 nitrogen and oxygen atoms in total. The number of hydrogen-bond acceptors (Lipinski definition) is 6. The molecule has 0 atom stereocenters. The predicted octanol–water partition coefficient (Wildman–Crippen LogP) is 4.28. The summed E-state index contributed by atoms with van der Waals surface area (Å²) in [6.45, 7) is 2.85. The Balaban J connectivity index is 1.86. The van der Waals surface area contributed by atoms with Crippen LogP contribution >= 0.6 is 11.8 Å². The number of methoxy groups -OCH3 is 3. The van der Waals surface area contributed by atoms with E-state index in [1.807, 2.05) is 42.5 Å². The second kappa shape index (κ2) is 8.81. The zero-order valence-electron chi connectivity index (χ0n) is 15.9. The van der Waals surface area contributed by atoms with E-state index < -0.39 is 0 Å². The number of ether oxygens (including phenoxy) is 3. The molecule has 0 spiro atoms. The molecular weight excluding hydrogens is 362 g/mol. The maximum Gasteiger partial charge on any atom is 0.191 e. The van der Waals surface area contributed by atoms with E-state index in [1.54, 1.807) is 33.1 Å². The molecule has 0 saturated carbocycles. The molecular formula is C20H23N3O3S. The standard InChI is InChI=1S/C20H23N3O3S/c1-5-23-19(17-8-6-7-9-18(17)26-4)21-22-20(23)27-13-14-10-15(24-2)12-16(11-14)25-3/h6-12H,5,13H2,1-4H3. The van der Waals surface area contributed by atoms with Gasteiger partial charge < -0.3 is 18.8 Å². The molecule has 142 valence electrons. The number of benzene rings is 2. The minimum Gasteiger partial charge on any atom is -0.497 e. The van der Waals surface area contributed by atoms with E-state index in [0.717, 1.165) is 51.7 Å². The van der Waals surface area contributed by atoms with E-state index in [0.29, 0.717) is 0 Å². The fourth-order valence-electron chi connectivity index (χ4n) is 2.81. The fraction of sp³-hybridized carbons (Fsp3) is 0.300. The fourth-order valence-corrected chi connectivity index (χ4v) is 3.74. The molecule has 0 N–H and O–H groups in total. The van der Waals surface area contributed by atoms with Crippen molar-refractivity contribution in [1.82, 2.24) is 14.8 Å². The van der Waals surface area contributed by atoms with Crippen LogP contribution in [-0.2, 0) is 12.3 Å². The van der Waals surface area contributed by atoms with E-state index >= 15 is 0 Å². The largest absolute Gasteiger partial charge is 0.497 e. The molecule has 2 aromatic carbocycles. The smallest absolute Gasteiger partial charge is 0.191 e. The zero-order chi connectivity index (χ0) is 19.2. The summed E-state index contributed by atoms with van der Waals surface area (Å²) in [5.41, 5.74) is 2.03. The van der Waals surface area contributed by atoms with Crippen molar-refractivity contribution < 1.29 is 14.2 Å². The first-order valence-corrected chi connectivity index (χ1v) is 9.60. The monoisotopic (exact) mass is 385 g/mol. The topological polar surface area (TPSA) is 58.4 Å². The Kier molecular flexibility index (Phi) is 6.24. The van der Waals surface area contributed by atoms with Crippen molar-refractivity contribution in [2.45, 2.75) is 24.4 Å². The molecule has 0 radical (unpaired) electrons. The molecule has 3 aromatic rings. The second-order valence-corrected chi connectivity index (χ2v) is 6.70. The molecule has 0 bridgehead atoms. The summed E-state index contributed by atoms with van der Waals surface area (Å²) in [5, 5.41) is 9.67. The van der Waals surface area contributed by atoms with Gasteiger partial charge in [0.1, 0.15) is 17.2 Å². The Bertz CT molecular complexity index is 889. The number of thioether (sulfide) groups is 1. The van der Waals surface area contributed by atoms with Crippen LogP contribution in [0.25, 0.3) is 11.4 Å². The molecule has 0 saturated heterocycles. The van der Waals surface area contributed by atoms with Gasteiger partial charge in [-0.3, -0.25) is 0 Å². The van der Waals surface area contributed by atoms with Gasteiger partial charge in [0.15, 0.2) is 11.0 Å². The van der Waals surface area contributed by atoms with Gasteiger partial charge in [-0.05, 0) is 36.8 Å². The van der Waals surface area contributed by atoms with Crippen molar-refractivity contribution in [3.05, 3.63) is 48.0 Å². The van der Waals surface area contributed by atoms with Crippen LogP contribution < -0.4 is 14.2 Å². The van der Waals surface area contributed by atoms with Crippen LogP contribution in [0.15, 0.2) is 47.6 Å². The third-order valence-corrected chi connectivity index (χ3v) is 5.20. The first kappa shape index (κ1) is 19.1. The third kappa shape index (κ3) is 4.19. The van der Waals surface area contributed by atoms with Crippen LogP contribution in [0.2, 0.25) is 0 Å². The van der Waals surface area contributed by atoms with E-state index in [-0.39, 0.29) is 0 Å². The molecule has 0 aliphatic heterocycles. The Morgan fingerprint density at radius 1 is 0.926 bits per heavy atom. The number of aromatic nitrogens is 3.